The molecular weight excluding hydrogens is 300 g/mol. The number of nitrogens with zero attached hydrogens (tertiary/aromatic N) is 1. The van der Waals surface area contributed by atoms with E-state index in [0.717, 1.165) is 5.56 Å². The number of rotatable bonds is 6. The zero-order valence-corrected chi connectivity index (χ0v) is 12.0. The summed E-state index contributed by atoms with van der Waals surface area (Å²) < 4.78 is 0.716. The first-order chi connectivity index (χ1) is 8.40. The molecule has 100 valence electrons. The van der Waals surface area contributed by atoms with Crippen molar-refractivity contribution in [3.63, 3.8) is 0 Å². The number of hydrogen-bond acceptors (Lipinski definition) is 4. The molecular formula is C12H17BrN2O3. The van der Waals surface area contributed by atoms with Gasteiger partial charge in [0, 0.05) is 29.2 Å². The monoisotopic (exact) mass is 316 g/mol. The Hall–Kier alpha value is -0.980. The molecule has 0 saturated carbocycles. The van der Waals surface area contributed by atoms with E-state index < -0.39 is 4.92 Å². The van der Waals surface area contributed by atoms with Crippen LogP contribution in [0.1, 0.15) is 25.8 Å². The maximum absolute atomic E-state index is 10.6. The molecule has 0 aromatic heterocycles. The molecule has 0 radical (unpaired) electrons. The smallest absolute Gasteiger partial charge is 0.270 e. The van der Waals surface area contributed by atoms with E-state index in [1.807, 2.05) is 6.92 Å². The molecule has 5 nitrogen and oxygen atoms in total. The van der Waals surface area contributed by atoms with E-state index in [0.29, 0.717) is 17.4 Å². The molecule has 0 heterocycles. The first-order valence-corrected chi connectivity index (χ1v) is 6.53. The Morgan fingerprint density at radius 1 is 1.50 bits per heavy atom. The Balaban J connectivity index is 2.60. The molecule has 1 rings (SSSR count). The molecule has 2 unspecified atom stereocenters. The Bertz CT molecular complexity index is 424. The molecule has 0 spiro atoms. The van der Waals surface area contributed by atoms with Crippen molar-refractivity contribution < 1.29 is 10.0 Å². The molecule has 0 aliphatic carbocycles. The van der Waals surface area contributed by atoms with Crippen molar-refractivity contribution in [2.24, 2.45) is 0 Å². The van der Waals surface area contributed by atoms with Gasteiger partial charge < -0.3 is 10.4 Å². The van der Waals surface area contributed by atoms with E-state index in [2.05, 4.69) is 21.2 Å². The molecule has 1 aromatic carbocycles. The number of aliphatic hydroxyl groups excluding tert-OH is 1. The minimum absolute atomic E-state index is 0.0719. The number of benzene rings is 1. The van der Waals surface area contributed by atoms with Crippen LogP contribution in [-0.2, 0) is 6.54 Å². The Morgan fingerprint density at radius 3 is 2.67 bits per heavy atom. The fraction of sp³-hybridized carbons (Fsp3) is 0.500. The third-order valence-electron chi connectivity index (χ3n) is 2.58. The van der Waals surface area contributed by atoms with Crippen LogP contribution in [-0.4, -0.2) is 22.2 Å². The predicted octanol–water partition coefficient (Wildman–Crippen LogP) is 2.61. The zero-order valence-electron chi connectivity index (χ0n) is 10.4. The second kappa shape index (κ2) is 6.82. The van der Waals surface area contributed by atoms with E-state index in [1.54, 1.807) is 13.0 Å². The Labute approximate surface area is 114 Å². The molecule has 0 aliphatic heterocycles. The number of nitrogens with one attached hydrogen (secondary N) is 1. The van der Waals surface area contributed by atoms with E-state index >= 15 is 0 Å². The van der Waals surface area contributed by atoms with Gasteiger partial charge in [0.05, 0.1) is 11.0 Å². The van der Waals surface area contributed by atoms with Gasteiger partial charge in [0.25, 0.3) is 5.69 Å². The Kier molecular flexibility index (Phi) is 5.71. The summed E-state index contributed by atoms with van der Waals surface area (Å²) in [5.41, 5.74) is 1.03. The van der Waals surface area contributed by atoms with Crippen molar-refractivity contribution >= 4 is 21.6 Å². The highest BCUT2D eigenvalue weighted by molar-refractivity contribution is 9.10. The fourth-order valence-electron chi connectivity index (χ4n) is 1.67. The van der Waals surface area contributed by atoms with Gasteiger partial charge in [-0.3, -0.25) is 10.1 Å². The number of aliphatic hydroxyl groups is 1. The van der Waals surface area contributed by atoms with Crippen molar-refractivity contribution in [3.8, 4) is 0 Å². The summed E-state index contributed by atoms with van der Waals surface area (Å²) in [5, 5.41) is 23.1. The SMILES string of the molecule is CC(O)CC(C)NCc1ccc([N+](=O)[O-])cc1Br. The summed E-state index contributed by atoms with van der Waals surface area (Å²) in [4.78, 5) is 10.2. The highest BCUT2D eigenvalue weighted by Crippen LogP contribution is 2.23. The van der Waals surface area contributed by atoms with Crippen LogP contribution in [0.2, 0.25) is 0 Å². The number of non-ortho nitro benzene ring substituents is 1. The molecule has 0 bridgehead atoms. The molecule has 1 aromatic rings. The van der Waals surface area contributed by atoms with Crippen molar-refractivity contribution in [2.75, 3.05) is 0 Å². The van der Waals surface area contributed by atoms with Gasteiger partial charge in [0.1, 0.15) is 0 Å². The minimum atomic E-state index is -0.419. The van der Waals surface area contributed by atoms with Crippen molar-refractivity contribution in [3.05, 3.63) is 38.3 Å². The van der Waals surface area contributed by atoms with Crippen molar-refractivity contribution in [1.82, 2.24) is 5.32 Å². The lowest BCUT2D eigenvalue weighted by molar-refractivity contribution is -0.384. The highest BCUT2D eigenvalue weighted by Gasteiger charge is 2.10. The first kappa shape index (κ1) is 15.1. The highest BCUT2D eigenvalue weighted by atomic mass is 79.9. The lowest BCUT2D eigenvalue weighted by Gasteiger charge is -2.15. The van der Waals surface area contributed by atoms with E-state index in [4.69, 9.17) is 0 Å². The summed E-state index contributed by atoms with van der Waals surface area (Å²) >= 11 is 3.32. The molecule has 18 heavy (non-hydrogen) atoms. The van der Waals surface area contributed by atoms with Crippen LogP contribution in [0.15, 0.2) is 22.7 Å². The van der Waals surface area contributed by atoms with Gasteiger partial charge in [-0.05, 0) is 31.9 Å². The van der Waals surface area contributed by atoms with Crippen LogP contribution in [0.4, 0.5) is 5.69 Å². The molecule has 0 fully saturated rings. The molecule has 2 N–H and O–H groups in total. The molecule has 0 saturated heterocycles. The van der Waals surface area contributed by atoms with Crippen LogP contribution in [0.25, 0.3) is 0 Å². The average molecular weight is 317 g/mol. The predicted molar refractivity (Wildman–Crippen MR) is 73.4 cm³/mol. The average Bonchev–Trinajstić information content (AvgIpc) is 2.26. The lowest BCUT2D eigenvalue weighted by Crippen LogP contribution is -2.28. The molecule has 2 atom stereocenters. The summed E-state index contributed by atoms with van der Waals surface area (Å²) in [6.45, 7) is 4.35. The zero-order chi connectivity index (χ0) is 13.7. The van der Waals surface area contributed by atoms with Gasteiger partial charge in [-0.15, -0.1) is 0 Å². The van der Waals surface area contributed by atoms with Gasteiger partial charge in [-0.25, -0.2) is 0 Å². The minimum Gasteiger partial charge on any atom is -0.393 e. The van der Waals surface area contributed by atoms with Crippen LogP contribution in [0.5, 0.6) is 0 Å². The van der Waals surface area contributed by atoms with Gasteiger partial charge in [0.15, 0.2) is 0 Å². The van der Waals surface area contributed by atoms with Crippen LogP contribution in [0.3, 0.4) is 0 Å². The lowest BCUT2D eigenvalue weighted by atomic mass is 10.1. The number of nitro benzene ring substituents is 1. The normalized spacial score (nSPS) is 14.2. The fourth-order valence-corrected chi connectivity index (χ4v) is 2.18. The summed E-state index contributed by atoms with van der Waals surface area (Å²) in [6, 6.07) is 4.90. The molecule has 0 aliphatic rings. The van der Waals surface area contributed by atoms with E-state index in [9.17, 15) is 15.2 Å². The summed E-state index contributed by atoms with van der Waals surface area (Å²) in [7, 11) is 0. The maximum atomic E-state index is 10.6. The standard InChI is InChI=1S/C12H17BrN2O3/c1-8(5-9(2)16)14-7-10-3-4-11(15(17)18)6-12(10)13/h3-4,6,8-9,14,16H,5,7H2,1-2H3. The third kappa shape index (κ3) is 4.72. The number of hydrogen-bond donors (Lipinski definition) is 2. The van der Waals surface area contributed by atoms with Crippen LogP contribution >= 0.6 is 15.9 Å². The first-order valence-electron chi connectivity index (χ1n) is 5.74. The third-order valence-corrected chi connectivity index (χ3v) is 3.32. The summed E-state index contributed by atoms with van der Waals surface area (Å²) in [6.07, 6.45) is 0.331. The Morgan fingerprint density at radius 2 is 2.17 bits per heavy atom. The quantitative estimate of drug-likeness (QED) is 0.625. The van der Waals surface area contributed by atoms with E-state index in [-0.39, 0.29) is 17.8 Å². The van der Waals surface area contributed by atoms with Crippen molar-refractivity contribution in [2.45, 2.75) is 39.0 Å². The van der Waals surface area contributed by atoms with Gasteiger partial charge in [0.2, 0.25) is 0 Å². The molecule has 6 heteroatoms. The topological polar surface area (TPSA) is 75.4 Å². The van der Waals surface area contributed by atoms with Crippen LogP contribution in [0, 0.1) is 10.1 Å². The second-order valence-corrected chi connectivity index (χ2v) is 5.25. The molecule has 0 amide bonds. The second-order valence-electron chi connectivity index (χ2n) is 4.40. The summed E-state index contributed by atoms with van der Waals surface area (Å²) in [5.74, 6) is 0. The van der Waals surface area contributed by atoms with Crippen LogP contribution < -0.4 is 5.32 Å². The van der Waals surface area contributed by atoms with Crippen molar-refractivity contribution in [1.29, 1.82) is 0 Å². The largest absolute Gasteiger partial charge is 0.393 e. The van der Waals surface area contributed by atoms with Gasteiger partial charge >= 0.3 is 0 Å². The van der Waals surface area contributed by atoms with Gasteiger partial charge in [-0.1, -0.05) is 15.9 Å². The van der Waals surface area contributed by atoms with E-state index in [1.165, 1.54) is 12.1 Å². The number of halogens is 1. The van der Waals surface area contributed by atoms with Gasteiger partial charge in [-0.2, -0.15) is 0 Å². The number of nitro groups is 1. The maximum Gasteiger partial charge on any atom is 0.270 e.